The second-order valence-electron chi connectivity index (χ2n) is 4.89. The summed E-state index contributed by atoms with van der Waals surface area (Å²) in [4.78, 5) is 20.3. The van der Waals surface area contributed by atoms with E-state index in [9.17, 15) is 4.79 Å². The van der Waals surface area contributed by atoms with Crippen molar-refractivity contribution in [1.29, 1.82) is 0 Å². The van der Waals surface area contributed by atoms with Crippen LogP contribution in [-0.4, -0.2) is 29.0 Å². The Morgan fingerprint density at radius 2 is 2.14 bits per heavy atom. The standard InChI is InChI=1S/C15H20N4OS/c1-11-4-5-14(18-9-11)16-6-3-7-17-15(20)8-13-10-21-12(2)19-13/h4-5,9-10H,3,6-8H2,1-2H3,(H,16,18)(H,17,20). The highest BCUT2D eigenvalue weighted by Gasteiger charge is 2.05. The minimum absolute atomic E-state index is 0.0220. The predicted molar refractivity (Wildman–Crippen MR) is 85.6 cm³/mol. The summed E-state index contributed by atoms with van der Waals surface area (Å²) in [6.45, 7) is 5.39. The summed E-state index contributed by atoms with van der Waals surface area (Å²) in [6, 6.07) is 3.98. The number of aryl methyl sites for hydroxylation is 2. The molecule has 2 N–H and O–H groups in total. The summed E-state index contributed by atoms with van der Waals surface area (Å²) in [5.74, 6) is 0.888. The molecule has 0 aliphatic heterocycles. The number of nitrogens with zero attached hydrogens (tertiary/aromatic N) is 2. The lowest BCUT2D eigenvalue weighted by Gasteiger charge is -2.06. The van der Waals surface area contributed by atoms with Crippen molar-refractivity contribution in [2.75, 3.05) is 18.4 Å². The lowest BCUT2D eigenvalue weighted by atomic mass is 10.3. The van der Waals surface area contributed by atoms with Gasteiger partial charge < -0.3 is 10.6 Å². The molecule has 0 aliphatic carbocycles. The smallest absolute Gasteiger partial charge is 0.226 e. The maximum Gasteiger partial charge on any atom is 0.226 e. The molecule has 5 nitrogen and oxygen atoms in total. The second kappa shape index (κ2) is 7.73. The molecule has 0 atom stereocenters. The fourth-order valence-corrected chi connectivity index (χ4v) is 2.43. The van der Waals surface area contributed by atoms with Gasteiger partial charge in [-0.3, -0.25) is 4.79 Å². The van der Waals surface area contributed by atoms with Crippen LogP contribution in [0.3, 0.4) is 0 Å². The first-order valence-electron chi connectivity index (χ1n) is 6.98. The van der Waals surface area contributed by atoms with E-state index in [2.05, 4.69) is 20.6 Å². The van der Waals surface area contributed by atoms with Crippen molar-refractivity contribution >= 4 is 23.1 Å². The summed E-state index contributed by atoms with van der Waals surface area (Å²) in [5.41, 5.74) is 1.99. The van der Waals surface area contributed by atoms with Crippen molar-refractivity contribution in [3.8, 4) is 0 Å². The molecule has 0 radical (unpaired) electrons. The van der Waals surface area contributed by atoms with E-state index in [-0.39, 0.29) is 5.91 Å². The van der Waals surface area contributed by atoms with Crippen LogP contribution in [0.25, 0.3) is 0 Å². The summed E-state index contributed by atoms with van der Waals surface area (Å²) in [7, 11) is 0. The third-order valence-electron chi connectivity index (χ3n) is 2.90. The van der Waals surface area contributed by atoms with Crippen molar-refractivity contribution in [3.05, 3.63) is 40.0 Å². The highest BCUT2D eigenvalue weighted by atomic mass is 32.1. The Morgan fingerprint density at radius 3 is 2.81 bits per heavy atom. The van der Waals surface area contributed by atoms with E-state index in [1.165, 1.54) is 0 Å². The molecule has 0 spiro atoms. The SMILES string of the molecule is Cc1ccc(NCCCNC(=O)Cc2csc(C)n2)nc1. The molecule has 2 rings (SSSR count). The Hall–Kier alpha value is -1.95. The molecule has 112 valence electrons. The normalized spacial score (nSPS) is 10.4. The van der Waals surface area contributed by atoms with Crippen molar-refractivity contribution in [2.24, 2.45) is 0 Å². The lowest BCUT2D eigenvalue weighted by molar-refractivity contribution is -0.120. The number of pyridine rings is 1. The average Bonchev–Trinajstić information content (AvgIpc) is 2.86. The zero-order chi connectivity index (χ0) is 15.1. The quantitative estimate of drug-likeness (QED) is 0.770. The zero-order valence-corrected chi connectivity index (χ0v) is 13.2. The minimum Gasteiger partial charge on any atom is -0.370 e. The Kier molecular flexibility index (Phi) is 5.68. The minimum atomic E-state index is 0.0220. The van der Waals surface area contributed by atoms with E-state index in [4.69, 9.17) is 0 Å². The molecule has 6 heteroatoms. The molecule has 0 saturated heterocycles. The molecular weight excluding hydrogens is 284 g/mol. The molecule has 2 heterocycles. The van der Waals surface area contributed by atoms with Gasteiger partial charge in [0.15, 0.2) is 0 Å². The molecular formula is C15H20N4OS. The van der Waals surface area contributed by atoms with Gasteiger partial charge in [0, 0.05) is 24.7 Å². The van der Waals surface area contributed by atoms with Crippen molar-refractivity contribution in [3.63, 3.8) is 0 Å². The monoisotopic (exact) mass is 304 g/mol. The third kappa shape index (κ3) is 5.51. The second-order valence-corrected chi connectivity index (χ2v) is 5.95. The number of thiazole rings is 1. The molecule has 0 saturated carbocycles. The van der Waals surface area contributed by atoms with Gasteiger partial charge in [-0.25, -0.2) is 9.97 Å². The number of carbonyl (C=O) groups is 1. The van der Waals surface area contributed by atoms with Gasteiger partial charge in [0.2, 0.25) is 5.91 Å². The number of aromatic nitrogens is 2. The molecule has 21 heavy (non-hydrogen) atoms. The van der Waals surface area contributed by atoms with Gasteiger partial charge in [-0.05, 0) is 31.9 Å². The Morgan fingerprint density at radius 1 is 1.29 bits per heavy atom. The van der Waals surface area contributed by atoms with Gasteiger partial charge in [0.1, 0.15) is 5.82 Å². The lowest BCUT2D eigenvalue weighted by Crippen LogP contribution is -2.27. The Bertz CT molecular complexity index is 580. The number of hydrogen-bond donors (Lipinski definition) is 2. The molecule has 0 aromatic carbocycles. The fourth-order valence-electron chi connectivity index (χ4n) is 1.82. The topological polar surface area (TPSA) is 66.9 Å². The van der Waals surface area contributed by atoms with Crippen LogP contribution in [0.1, 0.15) is 22.7 Å². The van der Waals surface area contributed by atoms with Crippen LogP contribution in [0.2, 0.25) is 0 Å². The van der Waals surface area contributed by atoms with Crippen molar-refractivity contribution in [2.45, 2.75) is 26.7 Å². The number of anilines is 1. The number of carbonyl (C=O) groups excluding carboxylic acids is 1. The van der Waals surface area contributed by atoms with Crippen LogP contribution in [-0.2, 0) is 11.2 Å². The van der Waals surface area contributed by atoms with Gasteiger partial charge >= 0.3 is 0 Å². The van der Waals surface area contributed by atoms with E-state index < -0.39 is 0 Å². The number of hydrogen-bond acceptors (Lipinski definition) is 5. The third-order valence-corrected chi connectivity index (χ3v) is 3.72. The van der Waals surface area contributed by atoms with Crippen LogP contribution in [0.4, 0.5) is 5.82 Å². The maximum absolute atomic E-state index is 11.7. The van der Waals surface area contributed by atoms with E-state index in [1.54, 1.807) is 11.3 Å². The van der Waals surface area contributed by atoms with Gasteiger partial charge in [-0.15, -0.1) is 11.3 Å². The summed E-state index contributed by atoms with van der Waals surface area (Å²) in [6.07, 6.45) is 3.05. The zero-order valence-electron chi connectivity index (χ0n) is 12.3. The van der Waals surface area contributed by atoms with Gasteiger partial charge in [-0.2, -0.15) is 0 Å². The molecule has 0 unspecified atom stereocenters. The van der Waals surface area contributed by atoms with Crippen molar-refractivity contribution in [1.82, 2.24) is 15.3 Å². The van der Waals surface area contributed by atoms with Gasteiger partial charge in [0.25, 0.3) is 0 Å². The largest absolute Gasteiger partial charge is 0.370 e. The van der Waals surface area contributed by atoms with E-state index in [0.29, 0.717) is 13.0 Å². The van der Waals surface area contributed by atoms with Crippen LogP contribution < -0.4 is 10.6 Å². The predicted octanol–water partition coefficient (Wildman–Crippen LogP) is 2.32. The fraction of sp³-hybridized carbons (Fsp3) is 0.400. The molecule has 0 aliphatic rings. The first-order chi connectivity index (χ1) is 10.1. The molecule has 2 aromatic rings. The number of rotatable bonds is 7. The number of nitrogens with one attached hydrogen (secondary N) is 2. The number of amides is 1. The average molecular weight is 304 g/mol. The first-order valence-corrected chi connectivity index (χ1v) is 7.85. The molecule has 2 aromatic heterocycles. The summed E-state index contributed by atoms with van der Waals surface area (Å²) >= 11 is 1.57. The van der Waals surface area contributed by atoms with Crippen molar-refractivity contribution < 1.29 is 4.79 Å². The van der Waals surface area contributed by atoms with E-state index >= 15 is 0 Å². The van der Waals surface area contributed by atoms with E-state index in [0.717, 1.165) is 35.0 Å². The van der Waals surface area contributed by atoms with E-state index in [1.807, 2.05) is 37.6 Å². The first kappa shape index (κ1) is 15.4. The highest BCUT2D eigenvalue weighted by Crippen LogP contribution is 2.08. The highest BCUT2D eigenvalue weighted by molar-refractivity contribution is 7.09. The molecule has 1 amide bonds. The van der Waals surface area contributed by atoms with Gasteiger partial charge in [-0.1, -0.05) is 6.07 Å². The summed E-state index contributed by atoms with van der Waals surface area (Å²) < 4.78 is 0. The maximum atomic E-state index is 11.7. The van der Waals surface area contributed by atoms with Crippen LogP contribution in [0.5, 0.6) is 0 Å². The van der Waals surface area contributed by atoms with Crippen LogP contribution in [0.15, 0.2) is 23.7 Å². The van der Waals surface area contributed by atoms with Gasteiger partial charge in [0.05, 0.1) is 17.1 Å². The summed E-state index contributed by atoms with van der Waals surface area (Å²) in [5, 5.41) is 9.05. The Labute approximate surface area is 128 Å². The molecule has 0 bridgehead atoms. The molecule has 0 fully saturated rings. The Balaban J connectivity index is 1.59. The van der Waals surface area contributed by atoms with Crippen LogP contribution >= 0.6 is 11.3 Å². The van der Waals surface area contributed by atoms with Crippen LogP contribution in [0, 0.1) is 13.8 Å².